The van der Waals surface area contributed by atoms with E-state index in [-0.39, 0.29) is 6.54 Å². The number of carboxylic acid groups (broad SMARTS) is 1. The monoisotopic (exact) mass is 280 g/mol. The van der Waals surface area contributed by atoms with Crippen LogP contribution in [0.2, 0.25) is 0 Å². The zero-order chi connectivity index (χ0) is 14.7. The minimum absolute atomic E-state index is 0.317. The van der Waals surface area contributed by atoms with Crippen LogP contribution in [0.5, 0.6) is 0 Å². The van der Waals surface area contributed by atoms with Gasteiger partial charge in [-0.25, -0.2) is 9.59 Å². The van der Waals surface area contributed by atoms with E-state index in [1.54, 1.807) is 24.3 Å². The SMILES string of the molecule is O=C(Cn1c(=O)oc2ccccc21)NC[C@H](O)C(=O)O. The van der Waals surface area contributed by atoms with Gasteiger partial charge in [0.1, 0.15) is 6.54 Å². The van der Waals surface area contributed by atoms with Gasteiger partial charge in [0.25, 0.3) is 0 Å². The first kappa shape index (κ1) is 13.8. The first-order valence-electron chi connectivity index (χ1n) is 5.75. The molecule has 1 aromatic carbocycles. The van der Waals surface area contributed by atoms with Crippen molar-refractivity contribution < 1.29 is 24.2 Å². The van der Waals surface area contributed by atoms with E-state index in [1.165, 1.54) is 0 Å². The van der Waals surface area contributed by atoms with Crippen molar-refractivity contribution in [3.63, 3.8) is 0 Å². The van der Waals surface area contributed by atoms with Crippen molar-refractivity contribution in [2.24, 2.45) is 0 Å². The van der Waals surface area contributed by atoms with E-state index in [9.17, 15) is 14.4 Å². The standard InChI is InChI=1S/C12H12N2O6/c15-8(11(17)18)5-13-10(16)6-14-7-3-1-2-4-9(7)20-12(14)19/h1-4,8,15H,5-6H2,(H,13,16)(H,17,18)/t8-/m0/s1. The van der Waals surface area contributed by atoms with Crippen molar-refractivity contribution in [2.45, 2.75) is 12.6 Å². The molecule has 3 N–H and O–H groups in total. The zero-order valence-corrected chi connectivity index (χ0v) is 10.3. The summed E-state index contributed by atoms with van der Waals surface area (Å²) in [5.74, 6) is -2.71. The van der Waals surface area contributed by atoms with Crippen LogP contribution in [0.1, 0.15) is 0 Å². The second kappa shape index (κ2) is 5.57. The van der Waals surface area contributed by atoms with Gasteiger partial charge in [0.05, 0.1) is 12.1 Å². The van der Waals surface area contributed by atoms with Crippen molar-refractivity contribution in [1.82, 2.24) is 9.88 Å². The Balaban J connectivity index is 2.09. The normalized spacial score (nSPS) is 12.2. The third-order valence-corrected chi connectivity index (χ3v) is 2.65. The van der Waals surface area contributed by atoms with Crippen molar-refractivity contribution in [2.75, 3.05) is 6.54 Å². The minimum Gasteiger partial charge on any atom is -0.479 e. The molecule has 0 radical (unpaired) electrons. The predicted octanol–water partition coefficient (Wildman–Crippen LogP) is -0.844. The van der Waals surface area contributed by atoms with Crippen molar-refractivity contribution >= 4 is 23.0 Å². The number of aliphatic hydroxyl groups is 1. The van der Waals surface area contributed by atoms with E-state index in [2.05, 4.69) is 5.32 Å². The molecule has 0 spiro atoms. The number of aliphatic hydroxyl groups excluding tert-OH is 1. The molecule has 0 aliphatic carbocycles. The number of rotatable bonds is 5. The third-order valence-electron chi connectivity index (χ3n) is 2.65. The second-order valence-electron chi connectivity index (χ2n) is 4.08. The molecule has 8 heteroatoms. The topological polar surface area (TPSA) is 122 Å². The maximum atomic E-state index is 11.6. The number of para-hydroxylation sites is 2. The number of hydrogen-bond acceptors (Lipinski definition) is 5. The average molecular weight is 280 g/mol. The number of carbonyl (C=O) groups excluding carboxylic acids is 1. The zero-order valence-electron chi connectivity index (χ0n) is 10.3. The van der Waals surface area contributed by atoms with E-state index in [0.29, 0.717) is 11.1 Å². The Morgan fingerprint density at radius 3 is 2.75 bits per heavy atom. The van der Waals surface area contributed by atoms with E-state index in [4.69, 9.17) is 14.6 Å². The van der Waals surface area contributed by atoms with Crippen molar-refractivity contribution in [1.29, 1.82) is 0 Å². The number of amides is 1. The summed E-state index contributed by atoms with van der Waals surface area (Å²) in [4.78, 5) is 33.6. The number of fused-ring (bicyclic) bond motifs is 1. The Morgan fingerprint density at radius 2 is 2.05 bits per heavy atom. The Morgan fingerprint density at radius 1 is 1.35 bits per heavy atom. The fourth-order valence-electron chi connectivity index (χ4n) is 1.66. The minimum atomic E-state index is -1.68. The van der Waals surface area contributed by atoms with Crippen molar-refractivity contribution in [3.8, 4) is 0 Å². The smallest absolute Gasteiger partial charge is 0.420 e. The molecule has 2 rings (SSSR count). The fourth-order valence-corrected chi connectivity index (χ4v) is 1.66. The molecule has 0 saturated carbocycles. The number of oxazole rings is 1. The van der Waals surface area contributed by atoms with Crippen LogP contribution < -0.4 is 11.1 Å². The molecule has 1 aromatic heterocycles. The Kier molecular flexibility index (Phi) is 3.85. The van der Waals surface area contributed by atoms with Gasteiger partial charge >= 0.3 is 11.7 Å². The summed E-state index contributed by atoms with van der Waals surface area (Å²) in [6.07, 6.45) is -1.68. The molecule has 0 aliphatic heterocycles. The van der Waals surface area contributed by atoms with E-state index in [1.807, 2.05) is 0 Å². The molecular weight excluding hydrogens is 268 g/mol. The highest BCUT2D eigenvalue weighted by molar-refractivity contribution is 5.80. The molecule has 1 atom stereocenters. The summed E-state index contributed by atoms with van der Waals surface area (Å²) in [5, 5.41) is 19.7. The maximum Gasteiger partial charge on any atom is 0.420 e. The molecule has 8 nitrogen and oxygen atoms in total. The number of aromatic nitrogens is 1. The van der Waals surface area contributed by atoms with Crippen LogP contribution in [-0.4, -0.2) is 39.3 Å². The summed E-state index contributed by atoms with van der Waals surface area (Å²) in [6.45, 7) is -0.749. The lowest BCUT2D eigenvalue weighted by molar-refractivity contribution is -0.146. The second-order valence-corrected chi connectivity index (χ2v) is 4.08. The summed E-state index contributed by atoms with van der Waals surface area (Å²) >= 11 is 0. The van der Waals surface area contributed by atoms with Gasteiger partial charge in [0.2, 0.25) is 5.91 Å². The molecule has 1 amide bonds. The number of carboxylic acids is 1. The van der Waals surface area contributed by atoms with E-state index in [0.717, 1.165) is 4.57 Å². The predicted molar refractivity (Wildman–Crippen MR) is 67.1 cm³/mol. The number of benzene rings is 1. The van der Waals surface area contributed by atoms with E-state index >= 15 is 0 Å². The molecule has 0 aliphatic rings. The van der Waals surface area contributed by atoms with Crippen LogP contribution in [0.3, 0.4) is 0 Å². The maximum absolute atomic E-state index is 11.6. The molecule has 0 bridgehead atoms. The number of nitrogens with one attached hydrogen (secondary N) is 1. The van der Waals surface area contributed by atoms with Crippen LogP contribution in [0.25, 0.3) is 11.1 Å². The summed E-state index contributed by atoms with van der Waals surface area (Å²) < 4.78 is 6.07. The molecule has 1 heterocycles. The summed E-state index contributed by atoms with van der Waals surface area (Å²) in [5.41, 5.74) is 0.822. The first-order chi connectivity index (χ1) is 9.49. The molecule has 0 unspecified atom stereocenters. The van der Waals surface area contributed by atoms with Gasteiger partial charge < -0.3 is 19.9 Å². The number of nitrogens with zero attached hydrogens (tertiary/aromatic N) is 1. The summed E-state index contributed by atoms with van der Waals surface area (Å²) in [6, 6.07) is 6.61. The quantitative estimate of drug-likeness (QED) is 0.656. The highest BCUT2D eigenvalue weighted by atomic mass is 16.4. The van der Waals surface area contributed by atoms with Gasteiger partial charge in [-0.1, -0.05) is 12.1 Å². The van der Waals surface area contributed by atoms with Gasteiger partial charge in [-0.2, -0.15) is 0 Å². The summed E-state index contributed by atoms with van der Waals surface area (Å²) in [7, 11) is 0. The molecule has 106 valence electrons. The molecule has 20 heavy (non-hydrogen) atoms. The van der Waals surface area contributed by atoms with Gasteiger partial charge in [-0.15, -0.1) is 0 Å². The van der Waals surface area contributed by atoms with Gasteiger partial charge in [0.15, 0.2) is 11.7 Å². The Bertz CT molecular complexity index is 701. The lowest BCUT2D eigenvalue weighted by atomic mass is 10.3. The highest BCUT2D eigenvalue weighted by Crippen LogP contribution is 2.11. The fraction of sp³-hybridized carbons (Fsp3) is 0.250. The van der Waals surface area contributed by atoms with Gasteiger partial charge in [-0.05, 0) is 12.1 Å². The average Bonchev–Trinajstić information content (AvgIpc) is 2.72. The van der Waals surface area contributed by atoms with Gasteiger partial charge in [-0.3, -0.25) is 9.36 Å². The number of carbonyl (C=O) groups is 2. The number of hydrogen-bond donors (Lipinski definition) is 3. The lowest BCUT2D eigenvalue weighted by Crippen LogP contribution is -2.38. The Hall–Kier alpha value is -2.61. The molecule has 0 saturated heterocycles. The van der Waals surface area contributed by atoms with Crippen LogP contribution in [0.15, 0.2) is 33.5 Å². The first-order valence-corrected chi connectivity index (χ1v) is 5.75. The van der Waals surface area contributed by atoms with Gasteiger partial charge in [0, 0.05) is 0 Å². The van der Waals surface area contributed by atoms with Crippen LogP contribution >= 0.6 is 0 Å². The van der Waals surface area contributed by atoms with E-state index < -0.39 is 30.3 Å². The molecule has 2 aromatic rings. The van der Waals surface area contributed by atoms with Crippen LogP contribution in [0, 0.1) is 0 Å². The largest absolute Gasteiger partial charge is 0.479 e. The van der Waals surface area contributed by atoms with Crippen LogP contribution in [-0.2, 0) is 16.1 Å². The van der Waals surface area contributed by atoms with Crippen molar-refractivity contribution in [3.05, 3.63) is 34.8 Å². The third kappa shape index (κ3) is 2.86. The lowest BCUT2D eigenvalue weighted by Gasteiger charge is -2.07. The number of aliphatic carboxylic acids is 1. The van der Waals surface area contributed by atoms with Crippen LogP contribution in [0.4, 0.5) is 0 Å². The molecular formula is C12H12N2O6. The Labute approximate surface area is 112 Å². The highest BCUT2D eigenvalue weighted by Gasteiger charge is 2.16. The molecule has 0 fully saturated rings.